The Hall–Kier alpha value is -3.19. The maximum Gasteiger partial charge on any atom is 0.251 e. The van der Waals surface area contributed by atoms with Crippen LogP contribution in [0.2, 0.25) is 5.02 Å². The van der Waals surface area contributed by atoms with Gasteiger partial charge >= 0.3 is 0 Å². The highest BCUT2D eigenvalue weighted by atomic mass is 35.5. The molecular weight excluding hydrogens is 534 g/mol. The summed E-state index contributed by atoms with van der Waals surface area (Å²) in [7, 11) is -2.73. The zero-order chi connectivity index (χ0) is 27.3. The molecule has 2 aromatic rings. The smallest absolute Gasteiger partial charge is 0.251 e. The second-order valence-electron chi connectivity index (χ2n) is 9.23. The van der Waals surface area contributed by atoms with Gasteiger partial charge in [-0.1, -0.05) is 11.6 Å². The predicted molar refractivity (Wildman–Crippen MR) is 146 cm³/mol. The molecule has 0 aliphatic carbocycles. The van der Waals surface area contributed by atoms with E-state index in [0.717, 1.165) is 12.8 Å². The Labute approximate surface area is 226 Å². The molecule has 4 amide bonds. The topological polar surface area (TPSA) is 152 Å². The van der Waals surface area contributed by atoms with E-state index in [4.69, 9.17) is 11.6 Å². The average Bonchev–Trinajstić information content (AvgIpc) is 2.89. The van der Waals surface area contributed by atoms with Crippen molar-refractivity contribution in [1.29, 1.82) is 0 Å². The number of rotatable bonds is 7. The fraction of sp³-hybridized carbons (Fsp3) is 0.400. The number of carbonyl (C=O) groups is 4. The molecule has 2 aliphatic heterocycles. The van der Waals surface area contributed by atoms with Gasteiger partial charge < -0.3 is 20.4 Å². The number of pyridine rings is 1. The fourth-order valence-electron chi connectivity index (χ4n) is 4.31. The van der Waals surface area contributed by atoms with Gasteiger partial charge in [0.1, 0.15) is 11.9 Å². The van der Waals surface area contributed by atoms with Crippen molar-refractivity contribution in [2.45, 2.75) is 31.7 Å². The molecule has 204 valence electrons. The second kappa shape index (κ2) is 12.1. The highest BCUT2D eigenvalue weighted by Crippen LogP contribution is 2.40. The lowest BCUT2D eigenvalue weighted by molar-refractivity contribution is -0.134. The molecule has 1 unspecified atom stereocenters. The monoisotopic (exact) mass is 563 g/mol. The largest absolute Gasteiger partial charge is 0.340 e. The molecule has 13 heteroatoms. The highest BCUT2D eigenvalue weighted by molar-refractivity contribution is 8.24. The lowest BCUT2D eigenvalue weighted by Crippen LogP contribution is -2.53. The van der Waals surface area contributed by atoms with Crippen molar-refractivity contribution in [1.82, 2.24) is 15.2 Å². The molecule has 0 radical (unpaired) electrons. The molecule has 0 spiro atoms. The maximum absolute atomic E-state index is 13.3. The summed E-state index contributed by atoms with van der Waals surface area (Å²) in [4.78, 5) is 58.4. The minimum atomic E-state index is -2.73. The Morgan fingerprint density at radius 1 is 1.03 bits per heavy atom. The van der Waals surface area contributed by atoms with Gasteiger partial charge in [-0.3, -0.25) is 28.3 Å². The van der Waals surface area contributed by atoms with Crippen molar-refractivity contribution in [2.75, 3.05) is 41.4 Å². The van der Waals surface area contributed by atoms with E-state index in [1.165, 1.54) is 17.2 Å². The number of halogens is 1. The first kappa shape index (κ1) is 27.8. The van der Waals surface area contributed by atoms with Gasteiger partial charge in [0.25, 0.3) is 5.91 Å². The Bertz CT molecular complexity index is 1180. The molecule has 38 heavy (non-hydrogen) atoms. The molecule has 0 saturated carbocycles. The van der Waals surface area contributed by atoms with Crippen LogP contribution in [0.5, 0.6) is 0 Å². The van der Waals surface area contributed by atoms with Gasteiger partial charge in [0.15, 0.2) is 0 Å². The number of hydrogen-bond acceptors (Lipinski definition) is 7. The Kier molecular flexibility index (Phi) is 8.87. The van der Waals surface area contributed by atoms with Gasteiger partial charge in [-0.25, -0.2) is 4.98 Å². The van der Waals surface area contributed by atoms with E-state index in [9.17, 15) is 28.3 Å². The van der Waals surface area contributed by atoms with E-state index in [1.807, 2.05) is 0 Å². The molecule has 3 heterocycles. The van der Waals surface area contributed by atoms with Crippen LogP contribution in [0.3, 0.4) is 0 Å². The first-order valence-electron chi connectivity index (χ1n) is 12.3. The van der Waals surface area contributed by atoms with Crippen LogP contribution in [0.25, 0.3) is 0 Å². The first-order chi connectivity index (χ1) is 18.1. The molecule has 2 fully saturated rings. The summed E-state index contributed by atoms with van der Waals surface area (Å²) in [5.41, 5.74) is 0.963. The van der Waals surface area contributed by atoms with E-state index >= 15 is 0 Å². The number of carbonyl (C=O) groups excluding carboxylic acids is 4. The Morgan fingerprint density at radius 2 is 1.74 bits per heavy atom. The van der Waals surface area contributed by atoms with Crippen LogP contribution in [-0.4, -0.2) is 79.8 Å². The summed E-state index contributed by atoms with van der Waals surface area (Å²) < 4.78 is 19.8. The molecule has 4 N–H and O–H groups in total. The summed E-state index contributed by atoms with van der Waals surface area (Å²) in [6, 6.07) is 8.39. The van der Waals surface area contributed by atoms with Crippen LogP contribution in [0.1, 0.15) is 36.0 Å². The van der Waals surface area contributed by atoms with Crippen molar-refractivity contribution >= 4 is 57.3 Å². The maximum atomic E-state index is 13.3. The number of aromatic nitrogens is 1. The van der Waals surface area contributed by atoms with Gasteiger partial charge in [-0.2, -0.15) is 10.6 Å². The predicted octanol–water partition coefficient (Wildman–Crippen LogP) is 2.97. The van der Waals surface area contributed by atoms with Crippen molar-refractivity contribution in [3.05, 3.63) is 53.2 Å². The fourth-order valence-corrected chi connectivity index (χ4v) is 5.65. The number of nitrogens with zero attached hydrogens (tertiary/aromatic N) is 3. The minimum Gasteiger partial charge on any atom is -0.340 e. The van der Waals surface area contributed by atoms with Gasteiger partial charge in [0.2, 0.25) is 17.7 Å². The first-order valence-corrected chi connectivity index (χ1v) is 14.5. The molecular formula is C25H30ClN5O6S. The number of anilines is 2. The molecule has 2 aliphatic rings. The van der Waals surface area contributed by atoms with Crippen LogP contribution in [-0.2, 0) is 14.4 Å². The van der Waals surface area contributed by atoms with Crippen LogP contribution in [0, 0.1) is 0 Å². The third-order valence-electron chi connectivity index (χ3n) is 6.44. The standard InChI is InChI=1S/C25H30ClN5O6S/c26-18-6-9-21(27-16-18)29-22(32)15-20(25(35)30-11-13-38(36,37)14-12-30)28-24(34)17-4-7-19(8-5-17)31-10-2-1-3-23(31)33/h4-9,16,20,36-37H,1-3,10-15H2,(H,28,34)(H,27,29,32). The molecule has 1 atom stereocenters. The third-order valence-corrected chi connectivity index (χ3v) is 8.34. The molecule has 1 aromatic heterocycles. The molecule has 1 aromatic carbocycles. The van der Waals surface area contributed by atoms with Gasteiger partial charge in [-0.15, -0.1) is 0 Å². The number of nitrogens with one attached hydrogen (secondary N) is 2. The van der Waals surface area contributed by atoms with Gasteiger partial charge in [0, 0.05) is 43.5 Å². The van der Waals surface area contributed by atoms with Gasteiger partial charge in [0.05, 0.1) is 22.9 Å². The van der Waals surface area contributed by atoms with Crippen LogP contribution in [0.15, 0.2) is 42.6 Å². The zero-order valence-corrected chi connectivity index (χ0v) is 22.2. The van der Waals surface area contributed by atoms with E-state index in [1.54, 1.807) is 35.2 Å². The van der Waals surface area contributed by atoms with Crippen molar-refractivity contribution < 1.29 is 28.3 Å². The van der Waals surface area contributed by atoms with Crippen LogP contribution in [0.4, 0.5) is 11.5 Å². The van der Waals surface area contributed by atoms with E-state index in [0.29, 0.717) is 23.7 Å². The summed E-state index contributed by atoms with van der Waals surface area (Å²) in [6.07, 6.45) is 3.28. The number of hydrogen-bond donors (Lipinski definition) is 4. The van der Waals surface area contributed by atoms with E-state index in [-0.39, 0.29) is 48.3 Å². The Morgan fingerprint density at radius 3 is 2.37 bits per heavy atom. The summed E-state index contributed by atoms with van der Waals surface area (Å²) in [6.45, 7) is 0.831. The van der Waals surface area contributed by atoms with Gasteiger partial charge in [-0.05, 0) is 49.2 Å². The number of benzene rings is 1. The second-order valence-corrected chi connectivity index (χ2v) is 12.1. The number of piperidine rings is 1. The van der Waals surface area contributed by atoms with E-state index in [2.05, 4.69) is 15.6 Å². The minimum absolute atomic E-state index is 0.0387. The highest BCUT2D eigenvalue weighted by Gasteiger charge is 2.32. The van der Waals surface area contributed by atoms with E-state index < -0.39 is 34.4 Å². The third kappa shape index (κ3) is 7.22. The molecule has 11 nitrogen and oxygen atoms in total. The summed E-state index contributed by atoms with van der Waals surface area (Å²) in [5, 5.41) is 5.64. The van der Waals surface area contributed by atoms with Crippen LogP contribution >= 0.6 is 22.2 Å². The molecule has 4 rings (SSSR count). The van der Waals surface area contributed by atoms with Crippen molar-refractivity contribution in [3.8, 4) is 0 Å². The lowest BCUT2D eigenvalue weighted by atomic mass is 10.1. The SMILES string of the molecule is O=C(CC(NC(=O)c1ccc(N2CCCCC2=O)cc1)C(=O)N1CCS(O)(O)CC1)Nc1ccc(Cl)cn1. The van der Waals surface area contributed by atoms with Crippen LogP contribution < -0.4 is 15.5 Å². The quantitative estimate of drug-likeness (QED) is 0.404. The zero-order valence-electron chi connectivity index (χ0n) is 20.6. The number of amides is 4. The lowest BCUT2D eigenvalue weighted by Gasteiger charge is -2.41. The molecule has 0 bridgehead atoms. The average molecular weight is 564 g/mol. The molecule has 2 saturated heterocycles. The Balaban J connectivity index is 1.46. The van der Waals surface area contributed by atoms with Crippen molar-refractivity contribution in [3.63, 3.8) is 0 Å². The summed E-state index contributed by atoms with van der Waals surface area (Å²) in [5.74, 6) is -1.24. The van der Waals surface area contributed by atoms with Crippen molar-refractivity contribution in [2.24, 2.45) is 0 Å². The normalized spacial score (nSPS) is 18.9. The summed E-state index contributed by atoms with van der Waals surface area (Å²) >= 11 is 5.83.